The minimum Gasteiger partial charge on any atom is -0.489 e. The van der Waals surface area contributed by atoms with Gasteiger partial charge in [-0.1, -0.05) is 5.21 Å². The van der Waals surface area contributed by atoms with Crippen LogP contribution in [0.5, 0.6) is 5.75 Å². The van der Waals surface area contributed by atoms with Crippen LogP contribution in [0.1, 0.15) is 48.3 Å². The number of hydrogen-bond donors (Lipinski definition) is 2. The standard InChI is InChI=1S/C27H26FN5O4/c1-26(25(29)35)14-37-24-18(26)13-22(30-23(24)15-4-7-17(28)8-5-15)27(2,36)11-10-21(34)16-6-9-20-19(12-16)31-32-33(20)3/h4-9,12-13,36H,10-11,14H2,1-3H3,(H2,29,35)/t26-,27-/m0/s1. The lowest BCUT2D eigenvalue weighted by molar-refractivity contribution is -0.123. The van der Waals surface area contributed by atoms with E-state index in [0.29, 0.717) is 33.7 Å². The predicted octanol–water partition coefficient (Wildman–Crippen LogP) is 3.18. The summed E-state index contributed by atoms with van der Waals surface area (Å²) in [5, 5.41) is 19.5. The second-order valence-electron chi connectivity index (χ2n) is 9.84. The third kappa shape index (κ3) is 4.23. The number of aromatic nitrogens is 4. The fraction of sp³-hybridized carbons (Fsp3) is 0.296. The number of aliphatic hydroxyl groups is 1. The van der Waals surface area contributed by atoms with E-state index in [2.05, 4.69) is 15.3 Å². The highest BCUT2D eigenvalue weighted by atomic mass is 19.1. The molecular weight excluding hydrogens is 477 g/mol. The van der Waals surface area contributed by atoms with Crippen molar-refractivity contribution in [3.8, 4) is 17.0 Å². The molecule has 0 saturated carbocycles. The Balaban J connectivity index is 1.49. The first-order chi connectivity index (χ1) is 17.5. The molecule has 0 bridgehead atoms. The molecule has 0 aliphatic carbocycles. The molecule has 4 aromatic rings. The Kier molecular flexibility index (Phi) is 5.79. The molecule has 1 aliphatic heterocycles. The highest BCUT2D eigenvalue weighted by Gasteiger charge is 2.45. The van der Waals surface area contributed by atoms with Crippen molar-refractivity contribution in [2.75, 3.05) is 6.61 Å². The molecule has 0 radical (unpaired) electrons. The van der Waals surface area contributed by atoms with Crippen LogP contribution < -0.4 is 10.5 Å². The SMILES string of the molecule is Cn1nnc2cc(C(=O)CC[C@](C)(O)c3cc4c(c(-c5ccc(F)cc5)n3)OC[C@]4(C)C(N)=O)ccc21. The van der Waals surface area contributed by atoms with Gasteiger partial charge in [0.25, 0.3) is 0 Å². The lowest BCUT2D eigenvalue weighted by atomic mass is 9.81. The first-order valence-electron chi connectivity index (χ1n) is 11.8. The van der Waals surface area contributed by atoms with Crippen LogP contribution in [-0.2, 0) is 22.9 Å². The van der Waals surface area contributed by atoms with E-state index in [1.165, 1.54) is 12.1 Å². The third-order valence-electron chi connectivity index (χ3n) is 7.06. The van der Waals surface area contributed by atoms with Crippen molar-refractivity contribution in [3.05, 3.63) is 71.2 Å². The number of ketones is 1. The maximum absolute atomic E-state index is 13.6. The Labute approximate surface area is 212 Å². The Morgan fingerprint density at radius 1 is 1.22 bits per heavy atom. The van der Waals surface area contributed by atoms with Crippen molar-refractivity contribution in [2.45, 2.75) is 37.7 Å². The molecule has 2 atom stereocenters. The van der Waals surface area contributed by atoms with Crippen LogP contribution in [0.4, 0.5) is 4.39 Å². The molecule has 0 saturated heterocycles. The van der Waals surface area contributed by atoms with Crippen LogP contribution >= 0.6 is 0 Å². The van der Waals surface area contributed by atoms with Gasteiger partial charge in [-0.2, -0.15) is 0 Å². The van der Waals surface area contributed by atoms with Crippen molar-refractivity contribution in [2.24, 2.45) is 12.8 Å². The quantitative estimate of drug-likeness (QED) is 0.370. The number of rotatable bonds is 7. The van der Waals surface area contributed by atoms with Crippen LogP contribution in [0.2, 0.25) is 0 Å². The summed E-state index contributed by atoms with van der Waals surface area (Å²) < 4.78 is 21.1. The Hall–Kier alpha value is -4.18. The molecule has 2 aromatic carbocycles. The zero-order valence-electron chi connectivity index (χ0n) is 20.7. The molecule has 5 rings (SSSR count). The zero-order chi connectivity index (χ0) is 26.5. The summed E-state index contributed by atoms with van der Waals surface area (Å²) in [6, 6.07) is 12.5. The number of benzene rings is 2. The van der Waals surface area contributed by atoms with Gasteiger partial charge in [0.1, 0.15) is 40.4 Å². The third-order valence-corrected chi connectivity index (χ3v) is 7.06. The van der Waals surface area contributed by atoms with E-state index in [1.807, 2.05) is 0 Å². The molecule has 37 heavy (non-hydrogen) atoms. The van der Waals surface area contributed by atoms with Gasteiger partial charge >= 0.3 is 0 Å². The number of halogens is 1. The van der Waals surface area contributed by atoms with Crippen molar-refractivity contribution < 1.29 is 23.8 Å². The number of Topliss-reactive ketones (excluding diaryl/α,β-unsaturated/α-hetero) is 1. The molecule has 9 nitrogen and oxygen atoms in total. The minimum atomic E-state index is -1.53. The monoisotopic (exact) mass is 503 g/mol. The molecule has 0 fully saturated rings. The Bertz CT molecular complexity index is 1550. The van der Waals surface area contributed by atoms with Crippen molar-refractivity contribution in [1.29, 1.82) is 0 Å². The zero-order valence-corrected chi connectivity index (χ0v) is 20.7. The van der Waals surface area contributed by atoms with E-state index in [9.17, 15) is 19.1 Å². The molecule has 1 amide bonds. The Morgan fingerprint density at radius 2 is 1.95 bits per heavy atom. The summed E-state index contributed by atoms with van der Waals surface area (Å²) in [6.07, 6.45) is 0.0973. The van der Waals surface area contributed by atoms with Gasteiger partial charge in [0.2, 0.25) is 5.91 Å². The summed E-state index contributed by atoms with van der Waals surface area (Å²) >= 11 is 0. The number of nitrogens with two attached hydrogens (primary N) is 1. The number of nitrogens with zero attached hydrogens (tertiary/aromatic N) is 4. The second-order valence-corrected chi connectivity index (χ2v) is 9.84. The normalized spacial score (nSPS) is 18.3. The maximum atomic E-state index is 13.6. The highest BCUT2D eigenvalue weighted by molar-refractivity contribution is 5.98. The number of carbonyl (C=O) groups is 2. The van der Waals surface area contributed by atoms with Gasteiger partial charge < -0.3 is 15.6 Å². The van der Waals surface area contributed by atoms with Gasteiger partial charge in [0, 0.05) is 30.2 Å². The lowest BCUT2D eigenvalue weighted by Gasteiger charge is -2.26. The molecule has 2 aromatic heterocycles. The fourth-order valence-corrected chi connectivity index (χ4v) is 4.51. The number of amides is 1. The van der Waals surface area contributed by atoms with Crippen LogP contribution in [0.3, 0.4) is 0 Å². The topological polar surface area (TPSA) is 133 Å². The highest BCUT2D eigenvalue weighted by Crippen LogP contribution is 2.45. The molecule has 190 valence electrons. The van der Waals surface area contributed by atoms with E-state index >= 15 is 0 Å². The van der Waals surface area contributed by atoms with Crippen LogP contribution in [0, 0.1) is 5.82 Å². The van der Waals surface area contributed by atoms with Gasteiger partial charge in [-0.3, -0.25) is 9.59 Å². The second kappa shape index (κ2) is 8.74. The van der Waals surface area contributed by atoms with Gasteiger partial charge in [-0.05, 0) is 68.8 Å². The van der Waals surface area contributed by atoms with Crippen molar-refractivity contribution >= 4 is 22.7 Å². The minimum absolute atomic E-state index is 0.0163. The fourth-order valence-electron chi connectivity index (χ4n) is 4.51. The molecule has 0 unspecified atom stereocenters. The first-order valence-corrected chi connectivity index (χ1v) is 11.8. The van der Waals surface area contributed by atoms with E-state index in [4.69, 9.17) is 10.5 Å². The predicted molar refractivity (Wildman–Crippen MR) is 133 cm³/mol. The summed E-state index contributed by atoms with van der Waals surface area (Å²) in [6.45, 7) is 3.25. The molecule has 3 heterocycles. The van der Waals surface area contributed by atoms with E-state index < -0.39 is 22.7 Å². The van der Waals surface area contributed by atoms with Crippen molar-refractivity contribution in [3.63, 3.8) is 0 Å². The van der Waals surface area contributed by atoms with Gasteiger partial charge in [-0.15, -0.1) is 5.10 Å². The maximum Gasteiger partial charge on any atom is 0.231 e. The van der Waals surface area contributed by atoms with E-state index in [-0.39, 0.29) is 30.9 Å². The summed E-state index contributed by atoms with van der Waals surface area (Å²) in [4.78, 5) is 30.0. The Morgan fingerprint density at radius 3 is 2.65 bits per heavy atom. The molecule has 10 heteroatoms. The number of hydrogen-bond acceptors (Lipinski definition) is 7. The van der Waals surface area contributed by atoms with Crippen LogP contribution in [0.25, 0.3) is 22.3 Å². The van der Waals surface area contributed by atoms with E-state index in [0.717, 1.165) is 5.52 Å². The lowest BCUT2D eigenvalue weighted by Crippen LogP contribution is -2.40. The number of primary amides is 1. The summed E-state index contributed by atoms with van der Waals surface area (Å²) in [7, 11) is 1.77. The summed E-state index contributed by atoms with van der Waals surface area (Å²) in [5.74, 6) is -0.800. The molecule has 1 aliphatic rings. The van der Waals surface area contributed by atoms with Gasteiger partial charge in [0.15, 0.2) is 5.78 Å². The number of ether oxygens (including phenoxy) is 1. The van der Waals surface area contributed by atoms with Crippen LogP contribution in [0.15, 0.2) is 48.5 Å². The summed E-state index contributed by atoms with van der Waals surface area (Å²) in [5.41, 5.74) is 6.57. The van der Waals surface area contributed by atoms with E-state index in [1.54, 1.807) is 62.0 Å². The number of carbonyl (C=O) groups excluding carboxylic acids is 2. The number of aryl methyl sites for hydroxylation is 1. The smallest absolute Gasteiger partial charge is 0.231 e. The molecular formula is C27H26FN5O4. The average molecular weight is 504 g/mol. The number of fused-ring (bicyclic) bond motifs is 2. The first kappa shape index (κ1) is 24.5. The van der Waals surface area contributed by atoms with Crippen molar-refractivity contribution in [1.82, 2.24) is 20.0 Å². The van der Waals surface area contributed by atoms with Gasteiger partial charge in [0.05, 0.1) is 11.2 Å². The average Bonchev–Trinajstić information content (AvgIpc) is 3.43. The number of pyridine rings is 1. The van der Waals surface area contributed by atoms with Crippen LogP contribution in [-0.4, -0.2) is 43.4 Å². The largest absolute Gasteiger partial charge is 0.489 e. The van der Waals surface area contributed by atoms with Gasteiger partial charge in [-0.25, -0.2) is 14.1 Å². The molecule has 3 N–H and O–H groups in total. The molecule has 0 spiro atoms.